The third kappa shape index (κ3) is 9.74. The predicted molar refractivity (Wildman–Crippen MR) is 426 cm³/mol. The maximum atomic E-state index is 5.52. The number of hydrogen-bond acceptors (Lipinski definition) is 8. The molecule has 0 aliphatic carbocycles. The lowest BCUT2D eigenvalue weighted by Gasteiger charge is -2.41. The lowest BCUT2D eigenvalue weighted by Crippen LogP contribution is -2.53. The van der Waals surface area contributed by atoms with Gasteiger partial charge in [-0.05, 0) is 248 Å². The van der Waals surface area contributed by atoms with E-state index in [2.05, 4.69) is 385 Å². The van der Waals surface area contributed by atoms with E-state index in [0.29, 0.717) is 0 Å². The highest BCUT2D eigenvalue weighted by Gasteiger charge is 2.53. The minimum Gasteiger partial charge on any atom is -0.318 e. The Morgan fingerprint density at radius 2 is 0.370 bits per heavy atom. The first-order valence-electron chi connectivity index (χ1n) is 35.6. The van der Waals surface area contributed by atoms with Crippen LogP contribution >= 0.6 is 0 Å². The van der Waals surface area contributed by atoms with Crippen LogP contribution in [0, 0.1) is 0 Å². The number of amidine groups is 4. The zero-order chi connectivity index (χ0) is 69.8. The van der Waals surface area contributed by atoms with Crippen LogP contribution in [0.3, 0.4) is 0 Å². The van der Waals surface area contributed by atoms with Crippen molar-refractivity contribution in [3.63, 3.8) is 0 Å². The van der Waals surface area contributed by atoms with Gasteiger partial charge in [0.15, 0.2) is 0 Å². The van der Waals surface area contributed by atoms with Gasteiger partial charge in [-0.3, -0.25) is 20.0 Å². The number of hydrogen-bond donors (Lipinski definition) is 0. The molecule has 4 heterocycles. The molecule has 8 heteroatoms. The van der Waals surface area contributed by atoms with Crippen LogP contribution in [0.25, 0.3) is 76.8 Å². The number of rotatable bonds is 12. The van der Waals surface area contributed by atoms with E-state index in [0.717, 1.165) is 90.6 Å². The van der Waals surface area contributed by atoms with Gasteiger partial charge in [0.2, 0.25) is 0 Å². The summed E-state index contributed by atoms with van der Waals surface area (Å²) < 4.78 is 0. The third-order valence-electron chi connectivity index (χ3n) is 24.4. The molecule has 16 rings (SSSR count). The Morgan fingerprint density at radius 3 is 0.550 bits per heavy atom. The summed E-state index contributed by atoms with van der Waals surface area (Å²) in [5.74, 6) is 3.91. The van der Waals surface area contributed by atoms with Crippen molar-refractivity contribution in [2.24, 2.45) is 20.0 Å². The van der Waals surface area contributed by atoms with Crippen molar-refractivity contribution in [2.75, 3.05) is 19.6 Å². The second-order valence-corrected chi connectivity index (χ2v) is 32.2. The third-order valence-corrected chi connectivity index (χ3v) is 24.4. The monoisotopic (exact) mass is 1310 g/mol. The molecule has 0 amide bonds. The Morgan fingerprint density at radius 1 is 0.200 bits per heavy atom. The Kier molecular flexibility index (Phi) is 14.5. The number of nitrogens with zero attached hydrogens (tertiary/aromatic N) is 8. The normalized spacial score (nSPS) is 19.0. The van der Waals surface area contributed by atoms with Crippen molar-refractivity contribution in [1.82, 2.24) is 0 Å². The molecule has 0 N–H and O–H groups in total. The van der Waals surface area contributed by atoms with Crippen LogP contribution in [0.5, 0.6) is 0 Å². The van der Waals surface area contributed by atoms with Crippen LogP contribution in [-0.2, 0) is 0 Å². The smallest absolute Gasteiger partial charge is 0.136 e. The van der Waals surface area contributed by atoms with E-state index in [1.54, 1.807) is 0 Å². The molecule has 12 aromatic carbocycles. The lowest BCUT2D eigenvalue weighted by molar-refractivity contribution is 0.338. The number of benzene rings is 12. The second-order valence-electron chi connectivity index (χ2n) is 32.2. The van der Waals surface area contributed by atoms with Crippen molar-refractivity contribution in [2.45, 2.75) is 155 Å². The Labute approximate surface area is 591 Å². The molecule has 0 saturated carbocycles. The Balaban J connectivity index is 0.908. The van der Waals surface area contributed by atoms with Gasteiger partial charge in [-0.2, -0.15) is 0 Å². The average molecular weight is 1310 g/mol. The molecule has 12 aromatic rings. The van der Waals surface area contributed by atoms with E-state index in [-0.39, 0.29) is 44.3 Å². The van der Waals surface area contributed by atoms with Gasteiger partial charge in [-0.15, -0.1) is 0 Å². The van der Waals surface area contributed by atoms with Crippen molar-refractivity contribution in [3.8, 4) is 44.5 Å². The molecule has 0 bridgehead atoms. The first-order chi connectivity index (χ1) is 47.6. The number of anilines is 4. The zero-order valence-electron chi connectivity index (χ0n) is 60.8. The topological polar surface area (TPSA) is 62.4 Å². The molecule has 8 nitrogen and oxygen atoms in total. The van der Waals surface area contributed by atoms with E-state index >= 15 is 0 Å². The van der Waals surface area contributed by atoms with Gasteiger partial charge in [0.25, 0.3) is 0 Å². The maximum absolute atomic E-state index is 5.52. The molecule has 0 saturated heterocycles. The fraction of sp³-hybridized carbons (Fsp3) is 0.261. The molecular formula is C92H90N8. The molecular weight excluding hydrogens is 1220 g/mol. The van der Waals surface area contributed by atoms with Gasteiger partial charge in [-0.1, -0.05) is 194 Å². The van der Waals surface area contributed by atoms with Crippen molar-refractivity contribution in [3.05, 3.63) is 277 Å². The van der Waals surface area contributed by atoms with Crippen LogP contribution in [0.1, 0.15) is 133 Å². The predicted octanol–water partition coefficient (Wildman–Crippen LogP) is 22.5. The van der Waals surface area contributed by atoms with E-state index in [4.69, 9.17) is 20.0 Å². The first-order valence-corrected chi connectivity index (χ1v) is 35.6. The van der Waals surface area contributed by atoms with Crippen molar-refractivity contribution < 1.29 is 0 Å². The fourth-order valence-electron chi connectivity index (χ4n) is 16.0. The molecule has 0 spiro atoms. The van der Waals surface area contributed by atoms with E-state index < -0.39 is 0 Å². The summed E-state index contributed by atoms with van der Waals surface area (Å²) in [6.45, 7) is 36.5. The molecule has 0 aromatic heterocycles. The minimum absolute atomic E-state index is 0.289. The minimum atomic E-state index is -0.350. The molecule has 0 atom stereocenters. The van der Waals surface area contributed by atoms with Gasteiger partial charge in [-0.25, -0.2) is 0 Å². The van der Waals surface area contributed by atoms with Gasteiger partial charge >= 0.3 is 0 Å². The molecule has 4 aliphatic rings. The van der Waals surface area contributed by atoms with E-state index in [1.807, 2.05) is 0 Å². The summed E-state index contributed by atoms with van der Waals surface area (Å²) in [7, 11) is 0. The number of aliphatic imine (C=N–C) groups is 4. The maximum Gasteiger partial charge on any atom is 0.136 e. The summed E-state index contributed by atoms with van der Waals surface area (Å²) in [4.78, 5) is 31.8. The molecule has 0 radical (unpaired) electrons. The van der Waals surface area contributed by atoms with Gasteiger partial charge in [0.05, 0.1) is 44.3 Å². The number of para-hydroxylation sites is 4. The summed E-state index contributed by atoms with van der Waals surface area (Å²) in [5, 5.41) is 7.25. The first kappa shape index (κ1) is 64.2. The van der Waals surface area contributed by atoms with Crippen LogP contribution in [0.4, 0.5) is 22.7 Å². The standard InChI is InChI=1S/C92H90N8/c1-85(2)89(9,10)97(67-29-21-17-22-30-67)81(93-85)63-45-37-59(38-46-63)75-57-76(60-39-47-64(48-40-60)82-94-86(3,4)90(11,12)98(82)68-31-23-18-24-32-68)72-55-56-74-78(62-43-51-66(52-44-62)84-96-88(7,8)92(15,16)100(84)70-35-27-20-28-36-70)58-77(73-54-53-71(75)79(72)80(73)74)61-41-49-65(50-42-61)83-95-87(5,6)91(13,14)99(83)69-33-25-19-26-34-69/h17-58H,1-16H3. The van der Waals surface area contributed by atoms with Crippen LogP contribution in [0.15, 0.2) is 275 Å². The lowest BCUT2D eigenvalue weighted by atomic mass is 9.81. The molecule has 4 aliphatic heterocycles. The summed E-state index contributed by atoms with van der Waals surface area (Å²) in [6.07, 6.45) is 0. The molecule has 0 unspecified atom stereocenters. The van der Waals surface area contributed by atoms with Crippen LogP contribution < -0.4 is 19.6 Å². The van der Waals surface area contributed by atoms with Crippen LogP contribution in [-0.4, -0.2) is 67.7 Å². The SMILES string of the molecule is CC1(C)N=C(c2ccc(-c3cc(-c4ccc(C5=NC(C)(C)C(C)(C)N5c5ccccc5)cc4)c4ccc5c(-c6ccc(C7=NC(C)(C)C(C)(C)N7c7ccccc7)cc6)cc(-c6ccc(C7=NC(C)(C)C(C)(C)N7c7ccccc7)cc6)c6ccc3c4c65)cc2)N(c2ccccc2)C1(C)C. The van der Waals surface area contributed by atoms with Crippen molar-refractivity contribution >= 4 is 78.4 Å². The highest BCUT2D eigenvalue weighted by molar-refractivity contribution is 6.32. The van der Waals surface area contributed by atoms with E-state index in [9.17, 15) is 0 Å². The second kappa shape index (κ2) is 22.5. The molecule has 0 fully saturated rings. The van der Waals surface area contributed by atoms with Crippen LogP contribution in [0.2, 0.25) is 0 Å². The summed E-state index contributed by atoms with van der Waals surface area (Å²) in [6, 6.07) is 94.4. The molecule has 100 heavy (non-hydrogen) atoms. The van der Waals surface area contributed by atoms with Crippen molar-refractivity contribution in [1.29, 1.82) is 0 Å². The van der Waals surface area contributed by atoms with E-state index in [1.165, 1.54) is 54.6 Å². The van der Waals surface area contributed by atoms with Gasteiger partial charge in [0.1, 0.15) is 23.3 Å². The average Bonchev–Trinajstić information content (AvgIpc) is 1.07. The molecule has 498 valence electrons. The highest BCUT2D eigenvalue weighted by Crippen LogP contribution is 2.52. The summed E-state index contributed by atoms with van der Waals surface area (Å²) in [5.41, 5.74) is 15.5. The Hall–Kier alpha value is -10.4. The van der Waals surface area contributed by atoms with Gasteiger partial charge in [0, 0.05) is 45.0 Å². The summed E-state index contributed by atoms with van der Waals surface area (Å²) >= 11 is 0. The fourth-order valence-corrected chi connectivity index (χ4v) is 16.0. The zero-order valence-corrected chi connectivity index (χ0v) is 60.8. The highest BCUT2D eigenvalue weighted by atomic mass is 15.4. The quantitative estimate of drug-likeness (QED) is 0.114. The Bertz CT molecular complexity index is 4650. The largest absolute Gasteiger partial charge is 0.318 e. The van der Waals surface area contributed by atoms with Gasteiger partial charge < -0.3 is 19.6 Å².